The van der Waals surface area contributed by atoms with Gasteiger partial charge < -0.3 is 14.8 Å². The van der Waals surface area contributed by atoms with E-state index >= 15 is 0 Å². The Labute approximate surface area is 160 Å². The van der Waals surface area contributed by atoms with Gasteiger partial charge in [0.05, 0.1) is 6.10 Å². The van der Waals surface area contributed by atoms with E-state index in [0.717, 1.165) is 27.5 Å². The van der Waals surface area contributed by atoms with E-state index < -0.39 is 6.10 Å². The fourth-order valence-corrected chi connectivity index (χ4v) is 2.67. The quantitative estimate of drug-likeness (QED) is 0.754. The summed E-state index contributed by atoms with van der Waals surface area (Å²) >= 11 is 6.17. The molecule has 2 aromatic rings. The highest BCUT2D eigenvalue weighted by atomic mass is 35.5. The second-order valence-corrected chi connectivity index (χ2v) is 7.04. The first kappa shape index (κ1) is 20.1. The number of ether oxygens (including phenoxy) is 2. The predicted octanol–water partition coefficient (Wildman–Crippen LogP) is 4.83. The van der Waals surface area contributed by atoms with Crippen LogP contribution in [0.1, 0.15) is 37.5 Å². The first-order chi connectivity index (χ1) is 12.3. The highest BCUT2D eigenvalue weighted by Gasteiger charge is 2.15. The Morgan fingerprint density at radius 1 is 1.04 bits per heavy atom. The minimum absolute atomic E-state index is 0.111. The second-order valence-electron chi connectivity index (χ2n) is 6.66. The molecule has 2 rings (SSSR count). The highest BCUT2D eigenvalue weighted by Crippen LogP contribution is 2.26. The van der Waals surface area contributed by atoms with Crippen molar-refractivity contribution in [1.82, 2.24) is 5.32 Å². The molecule has 0 aliphatic rings. The number of hydrogen-bond acceptors (Lipinski definition) is 3. The summed E-state index contributed by atoms with van der Waals surface area (Å²) in [4.78, 5) is 12.3. The first-order valence-electron chi connectivity index (χ1n) is 8.73. The third-order valence-electron chi connectivity index (χ3n) is 3.83. The molecule has 0 aliphatic carbocycles. The zero-order valence-electron chi connectivity index (χ0n) is 15.9. The van der Waals surface area contributed by atoms with Gasteiger partial charge in [0.2, 0.25) is 0 Å². The van der Waals surface area contributed by atoms with Crippen LogP contribution in [0.25, 0.3) is 0 Å². The molecule has 2 aromatic carbocycles. The van der Waals surface area contributed by atoms with E-state index in [9.17, 15) is 4.79 Å². The van der Waals surface area contributed by atoms with Gasteiger partial charge >= 0.3 is 0 Å². The summed E-state index contributed by atoms with van der Waals surface area (Å²) in [7, 11) is 0. The summed E-state index contributed by atoms with van der Waals surface area (Å²) in [5.74, 6) is 1.26. The van der Waals surface area contributed by atoms with Gasteiger partial charge in [0.15, 0.2) is 6.10 Å². The number of nitrogens with one attached hydrogen (secondary N) is 1. The normalized spacial score (nSPS) is 12.0. The molecule has 0 heterocycles. The van der Waals surface area contributed by atoms with Crippen molar-refractivity contribution in [1.29, 1.82) is 0 Å². The maximum atomic E-state index is 12.3. The van der Waals surface area contributed by atoms with E-state index in [2.05, 4.69) is 5.32 Å². The van der Waals surface area contributed by atoms with Crippen molar-refractivity contribution in [2.24, 2.45) is 0 Å². The van der Waals surface area contributed by atoms with Crippen LogP contribution in [0.15, 0.2) is 36.4 Å². The number of halogens is 1. The van der Waals surface area contributed by atoms with E-state index in [1.165, 1.54) is 0 Å². The van der Waals surface area contributed by atoms with Crippen molar-refractivity contribution < 1.29 is 14.3 Å². The van der Waals surface area contributed by atoms with Crippen molar-refractivity contribution in [2.45, 2.75) is 53.4 Å². The van der Waals surface area contributed by atoms with Crippen molar-refractivity contribution in [3.05, 3.63) is 58.1 Å². The third kappa shape index (κ3) is 5.67. The van der Waals surface area contributed by atoms with E-state index in [4.69, 9.17) is 21.1 Å². The fourth-order valence-electron chi connectivity index (χ4n) is 2.57. The highest BCUT2D eigenvalue weighted by molar-refractivity contribution is 6.32. The SMILES string of the molecule is Cc1cc(O[C@H](C)C(=O)NCc2cccc(OC(C)C)c2)cc(C)c1Cl. The Hall–Kier alpha value is -2.20. The van der Waals surface area contributed by atoms with Gasteiger partial charge in [-0.3, -0.25) is 4.79 Å². The van der Waals surface area contributed by atoms with E-state index in [1.807, 2.05) is 64.1 Å². The molecular weight excluding hydrogens is 350 g/mol. The molecule has 0 bridgehead atoms. The lowest BCUT2D eigenvalue weighted by Crippen LogP contribution is -2.35. The van der Waals surface area contributed by atoms with Crippen LogP contribution in [0, 0.1) is 13.8 Å². The molecule has 0 radical (unpaired) electrons. The minimum Gasteiger partial charge on any atom is -0.491 e. The van der Waals surface area contributed by atoms with Crippen molar-refractivity contribution in [3.8, 4) is 11.5 Å². The van der Waals surface area contributed by atoms with Crippen LogP contribution in [0.5, 0.6) is 11.5 Å². The summed E-state index contributed by atoms with van der Waals surface area (Å²) in [6, 6.07) is 11.4. The predicted molar refractivity (Wildman–Crippen MR) is 105 cm³/mol. The number of amides is 1. The third-order valence-corrected chi connectivity index (χ3v) is 4.43. The zero-order chi connectivity index (χ0) is 19.3. The zero-order valence-corrected chi connectivity index (χ0v) is 16.7. The Balaban J connectivity index is 1.93. The van der Waals surface area contributed by atoms with Crippen LogP contribution in [0.2, 0.25) is 5.02 Å². The maximum Gasteiger partial charge on any atom is 0.261 e. The molecule has 0 spiro atoms. The van der Waals surface area contributed by atoms with Gasteiger partial charge in [-0.05, 0) is 75.6 Å². The summed E-state index contributed by atoms with van der Waals surface area (Å²) in [5.41, 5.74) is 2.83. The number of carbonyl (C=O) groups is 1. The number of carbonyl (C=O) groups excluding carboxylic acids is 1. The molecule has 1 N–H and O–H groups in total. The lowest BCUT2D eigenvalue weighted by atomic mass is 10.1. The lowest BCUT2D eigenvalue weighted by Gasteiger charge is -2.16. The molecule has 0 aliphatic heterocycles. The largest absolute Gasteiger partial charge is 0.491 e. The summed E-state index contributed by atoms with van der Waals surface area (Å²) < 4.78 is 11.4. The Morgan fingerprint density at radius 3 is 2.31 bits per heavy atom. The average molecular weight is 376 g/mol. The second kappa shape index (κ2) is 8.95. The molecule has 4 nitrogen and oxygen atoms in total. The van der Waals surface area contributed by atoms with Crippen LogP contribution in [0.4, 0.5) is 0 Å². The van der Waals surface area contributed by atoms with Crippen molar-refractivity contribution in [3.63, 3.8) is 0 Å². The monoisotopic (exact) mass is 375 g/mol. The summed E-state index contributed by atoms with van der Waals surface area (Å²) in [6.45, 7) is 9.94. The fraction of sp³-hybridized carbons (Fsp3) is 0.381. The molecule has 26 heavy (non-hydrogen) atoms. The maximum absolute atomic E-state index is 12.3. The van der Waals surface area contributed by atoms with Gasteiger partial charge in [-0.25, -0.2) is 0 Å². The van der Waals surface area contributed by atoms with Gasteiger partial charge in [-0.2, -0.15) is 0 Å². The van der Waals surface area contributed by atoms with Crippen molar-refractivity contribution in [2.75, 3.05) is 0 Å². The van der Waals surface area contributed by atoms with Gasteiger partial charge in [0.1, 0.15) is 11.5 Å². The smallest absolute Gasteiger partial charge is 0.261 e. The Bertz CT molecular complexity index is 751. The molecule has 0 aromatic heterocycles. The molecule has 140 valence electrons. The van der Waals surface area contributed by atoms with Crippen LogP contribution >= 0.6 is 11.6 Å². The molecule has 1 atom stereocenters. The molecule has 1 amide bonds. The number of hydrogen-bond donors (Lipinski definition) is 1. The summed E-state index contributed by atoms with van der Waals surface area (Å²) in [5, 5.41) is 3.61. The van der Waals surface area contributed by atoms with Gasteiger partial charge in [-0.1, -0.05) is 23.7 Å². The number of aryl methyl sites for hydroxylation is 2. The van der Waals surface area contributed by atoms with Gasteiger partial charge in [0, 0.05) is 11.6 Å². The topological polar surface area (TPSA) is 47.6 Å². The van der Waals surface area contributed by atoms with Crippen LogP contribution < -0.4 is 14.8 Å². The lowest BCUT2D eigenvalue weighted by molar-refractivity contribution is -0.127. The van der Waals surface area contributed by atoms with E-state index in [0.29, 0.717) is 12.3 Å². The van der Waals surface area contributed by atoms with Crippen LogP contribution in [0.3, 0.4) is 0 Å². The molecule has 0 fully saturated rings. The number of benzene rings is 2. The van der Waals surface area contributed by atoms with E-state index in [-0.39, 0.29) is 12.0 Å². The molecular formula is C21H26ClNO3. The molecule has 0 saturated carbocycles. The molecule has 5 heteroatoms. The van der Waals surface area contributed by atoms with Gasteiger partial charge in [0.25, 0.3) is 5.91 Å². The minimum atomic E-state index is -0.606. The average Bonchev–Trinajstić information content (AvgIpc) is 2.57. The van der Waals surface area contributed by atoms with E-state index in [1.54, 1.807) is 6.92 Å². The molecule has 0 unspecified atom stereocenters. The van der Waals surface area contributed by atoms with Crippen molar-refractivity contribution >= 4 is 17.5 Å². The number of rotatable bonds is 7. The Morgan fingerprint density at radius 2 is 1.69 bits per heavy atom. The standard InChI is InChI=1S/C21H26ClNO3/c1-13(2)25-18-8-6-7-17(11-18)12-23-21(24)16(5)26-19-9-14(3)20(22)15(4)10-19/h6-11,13,16H,12H2,1-5H3,(H,23,24)/t16-/m1/s1. The molecule has 0 saturated heterocycles. The Kier molecular flexibility index (Phi) is 6.92. The van der Waals surface area contributed by atoms with Gasteiger partial charge in [-0.15, -0.1) is 0 Å². The van der Waals surface area contributed by atoms with Crippen LogP contribution in [-0.4, -0.2) is 18.1 Å². The first-order valence-corrected chi connectivity index (χ1v) is 9.10. The summed E-state index contributed by atoms with van der Waals surface area (Å²) in [6.07, 6.45) is -0.496. The van der Waals surface area contributed by atoms with Crippen LogP contribution in [-0.2, 0) is 11.3 Å².